The highest BCUT2D eigenvalue weighted by Gasteiger charge is 2.15. The van der Waals surface area contributed by atoms with E-state index in [1.807, 2.05) is 0 Å². The third-order valence-electron chi connectivity index (χ3n) is 3.44. The molecule has 0 radical (unpaired) electrons. The zero-order valence-corrected chi connectivity index (χ0v) is 15.8. The molecule has 0 aromatic heterocycles. The summed E-state index contributed by atoms with van der Waals surface area (Å²) < 4.78 is 40.0. The number of carbonyl (C=O) groups is 2. The molecule has 0 saturated heterocycles. The van der Waals surface area contributed by atoms with E-state index in [9.17, 15) is 18.0 Å². The number of Topliss-reactive ketones (excluding diaryl/α,β-unsaturated/α-hetero) is 1. The van der Waals surface area contributed by atoms with E-state index in [-0.39, 0.29) is 11.3 Å². The number of carbonyl (C=O) groups excluding carboxylic acids is 2. The van der Waals surface area contributed by atoms with Crippen molar-refractivity contribution >= 4 is 27.5 Å². The molecule has 2 aromatic rings. The summed E-state index contributed by atoms with van der Waals surface area (Å²) in [6.07, 6.45) is 1.000. The molecular weight excluding hydrogens is 374 g/mol. The molecule has 0 saturated carbocycles. The van der Waals surface area contributed by atoms with Gasteiger partial charge in [-0.3, -0.25) is 9.52 Å². The fourth-order valence-electron chi connectivity index (χ4n) is 2.23. The van der Waals surface area contributed by atoms with Gasteiger partial charge >= 0.3 is 5.97 Å². The Morgan fingerprint density at radius 3 is 2.30 bits per heavy atom. The lowest BCUT2D eigenvalue weighted by Crippen LogP contribution is -2.15. The van der Waals surface area contributed by atoms with Crippen molar-refractivity contribution in [2.24, 2.45) is 0 Å². The third-order valence-corrected chi connectivity index (χ3v) is 4.05. The molecule has 2 aromatic carbocycles. The summed E-state index contributed by atoms with van der Waals surface area (Å²) in [5.74, 6) is -0.314. The van der Waals surface area contributed by atoms with Crippen LogP contribution in [0.5, 0.6) is 11.5 Å². The predicted octanol–water partition coefficient (Wildman–Crippen LogP) is 2.12. The van der Waals surface area contributed by atoms with Gasteiger partial charge in [0.25, 0.3) is 0 Å². The number of benzene rings is 2. The van der Waals surface area contributed by atoms with Crippen molar-refractivity contribution in [1.29, 1.82) is 0 Å². The topological polar surface area (TPSA) is 108 Å². The average molecular weight is 393 g/mol. The van der Waals surface area contributed by atoms with Gasteiger partial charge in [-0.2, -0.15) is 0 Å². The summed E-state index contributed by atoms with van der Waals surface area (Å²) in [7, 11) is -0.544. The minimum atomic E-state index is -3.47. The van der Waals surface area contributed by atoms with Crippen LogP contribution < -0.4 is 14.2 Å². The van der Waals surface area contributed by atoms with Crippen molar-refractivity contribution in [3.05, 3.63) is 53.6 Å². The minimum absolute atomic E-state index is 0.115. The number of anilines is 1. The molecule has 0 aliphatic carbocycles. The van der Waals surface area contributed by atoms with Crippen molar-refractivity contribution < 1.29 is 32.2 Å². The van der Waals surface area contributed by atoms with E-state index in [0.29, 0.717) is 17.1 Å². The molecule has 144 valence electrons. The lowest BCUT2D eigenvalue weighted by molar-refractivity contribution is 0.0474. The second-order valence-corrected chi connectivity index (χ2v) is 7.27. The van der Waals surface area contributed by atoms with Crippen LogP contribution in [-0.2, 0) is 14.8 Å². The van der Waals surface area contributed by atoms with Crippen molar-refractivity contribution in [3.8, 4) is 11.5 Å². The summed E-state index contributed by atoms with van der Waals surface area (Å²) >= 11 is 0. The molecule has 0 aliphatic heterocycles. The molecule has 0 aliphatic rings. The smallest absolute Gasteiger partial charge is 0.338 e. The Labute approximate surface area is 157 Å². The summed E-state index contributed by atoms with van der Waals surface area (Å²) in [6.45, 7) is -0.474. The van der Waals surface area contributed by atoms with Gasteiger partial charge in [0.05, 0.1) is 26.0 Å². The van der Waals surface area contributed by atoms with Crippen molar-refractivity contribution in [2.45, 2.75) is 0 Å². The van der Waals surface area contributed by atoms with Crippen LogP contribution in [0.1, 0.15) is 20.7 Å². The van der Waals surface area contributed by atoms with E-state index >= 15 is 0 Å². The number of hydrogen-bond donors (Lipinski definition) is 1. The molecule has 8 nitrogen and oxygen atoms in total. The number of rotatable bonds is 8. The number of sulfonamides is 1. The van der Waals surface area contributed by atoms with Crippen molar-refractivity contribution in [3.63, 3.8) is 0 Å². The number of nitrogens with one attached hydrogen (secondary N) is 1. The first-order chi connectivity index (χ1) is 12.7. The van der Waals surface area contributed by atoms with E-state index in [4.69, 9.17) is 14.2 Å². The molecule has 0 heterocycles. The fourth-order valence-corrected chi connectivity index (χ4v) is 2.79. The van der Waals surface area contributed by atoms with E-state index in [2.05, 4.69) is 4.72 Å². The van der Waals surface area contributed by atoms with Crippen LogP contribution in [0.25, 0.3) is 0 Å². The first-order valence-electron chi connectivity index (χ1n) is 7.73. The summed E-state index contributed by atoms with van der Waals surface area (Å²) in [5, 5.41) is 0. The van der Waals surface area contributed by atoms with Gasteiger partial charge in [-0.05, 0) is 36.4 Å². The van der Waals surface area contributed by atoms with Gasteiger partial charge in [-0.1, -0.05) is 6.07 Å². The Balaban J connectivity index is 2.05. The lowest BCUT2D eigenvalue weighted by Gasteiger charge is -2.10. The number of methoxy groups -OCH3 is 2. The Hall–Kier alpha value is -3.07. The lowest BCUT2D eigenvalue weighted by atomic mass is 10.1. The Morgan fingerprint density at radius 2 is 1.67 bits per heavy atom. The average Bonchev–Trinajstić information content (AvgIpc) is 2.64. The SMILES string of the molecule is COc1ccc(C(=O)COC(=O)c2cccc(NS(C)(=O)=O)c2)cc1OC. The molecule has 2 rings (SSSR count). The monoisotopic (exact) mass is 393 g/mol. The van der Waals surface area contributed by atoms with Gasteiger partial charge in [0.2, 0.25) is 10.0 Å². The van der Waals surface area contributed by atoms with E-state index in [1.165, 1.54) is 50.6 Å². The van der Waals surface area contributed by atoms with Crippen LogP contribution in [-0.4, -0.2) is 47.3 Å². The molecule has 0 amide bonds. The molecule has 27 heavy (non-hydrogen) atoms. The molecule has 0 fully saturated rings. The van der Waals surface area contributed by atoms with Gasteiger partial charge in [0, 0.05) is 11.3 Å². The highest BCUT2D eigenvalue weighted by Crippen LogP contribution is 2.27. The molecule has 0 atom stereocenters. The first kappa shape index (κ1) is 20.2. The second-order valence-electron chi connectivity index (χ2n) is 5.52. The van der Waals surface area contributed by atoms with E-state index in [0.717, 1.165) is 6.26 Å². The molecule has 1 N–H and O–H groups in total. The van der Waals surface area contributed by atoms with Crippen LogP contribution in [0, 0.1) is 0 Å². The normalized spacial score (nSPS) is 10.8. The largest absolute Gasteiger partial charge is 0.493 e. The summed E-state index contributed by atoms with van der Waals surface area (Å²) in [5.41, 5.74) is 0.634. The maximum Gasteiger partial charge on any atom is 0.338 e. The van der Waals surface area contributed by atoms with Crippen LogP contribution in [0.3, 0.4) is 0 Å². The standard InChI is InChI=1S/C18H19NO7S/c1-24-16-8-7-12(10-17(16)25-2)15(20)11-26-18(21)13-5-4-6-14(9-13)19-27(3,22)23/h4-10,19H,11H2,1-3H3. The maximum atomic E-state index is 12.2. The predicted molar refractivity (Wildman–Crippen MR) is 99.1 cm³/mol. The van der Waals surface area contributed by atoms with Gasteiger partial charge < -0.3 is 14.2 Å². The number of ketones is 1. The summed E-state index contributed by atoms with van der Waals surface area (Å²) in [4.78, 5) is 24.4. The minimum Gasteiger partial charge on any atom is -0.493 e. The molecular formula is C18H19NO7S. The Bertz CT molecular complexity index is 954. The fraction of sp³-hybridized carbons (Fsp3) is 0.222. The van der Waals surface area contributed by atoms with Gasteiger partial charge in [0.1, 0.15) is 0 Å². The van der Waals surface area contributed by atoms with Crippen molar-refractivity contribution in [1.82, 2.24) is 0 Å². The zero-order valence-electron chi connectivity index (χ0n) is 15.0. The molecule has 0 unspecified atom stereocenters. The molecule has 9 heteroatoms. The third kappa shape index (κ3) is 5.71. The maximum absolute atomic E-state index is 12.2. The first-order valence-corrected chi connectivity index (χ1v) is 9.63. The highest BCUT2D eigenvalue weighted by atomic mass is 32.2. The van der Waals surface area contributed by atoms with Crippen LogP contribution >= 0.6 is 0 Å². The molecule has 0 bridgehead atoms. The Kier molecular flexibility index (Phi) is 6.40. The highest BCUT2D eigenvalue weighted by molar-refractivity contribution is 7.92. The van der Waals surface area contributed by atoms with Gasteiger partial charge in [0.15, 0.2) is 23.9 Å². The quantitative estimate of drug-likeness (QED) is 0.540. The van der Waals surface area contributed by atoms with Crippen LogP contribution in [0.4, 0.5) is 5.69 Å². The van der Waals surface area contributed by atoms with Gasteiger partial charge in [-0.15, -0.1) is 0 Å². The van der Waals surface area contributed by atoms with Crippen molar-refractivity contribution in [2.75, 3.05) is 31.8 Å². The summed E-state index contributed by atoms with van der Waals surface area (Å²) in [6, 6.07) is 10.4. The zero-order chi connectivity index (χ0) is 20.0. The second kappa shape index (κ2) is 8.54. The van der Waals surface area contributed by atoms with Crippen LogP contribution in [0.2, 0.25) is 0 Å². The number of ether oxygens (including phenoxy) is 3. The number of hydrogen-bond acceptors (Lipinski definition) is 7. The van der Waals surface area contributed by atoms with E-state index in [1.54, 1.807) is 6.07 Å². The Morgan fingerprint density at radius 1 is 0.963 bits per heavy atom. The number of esters is 1. The van der Waals surface area contributed by atoms with E-state index < -0.39 is 28.4 Å². The van der Waals surface area contributed by atoms with Gasteiger partial charge in [-0.25, -0.2) is 13.2 Å². The van der Waals surface area contributed by atoms with Crippen LogP contribution in [0.15, 0.2) is 42.5 Å². The molecule has 0 spiro atoms.